The van der Waals surface area contributed by atoms with Crippen LogP contribution in [0.15, 0.2) is 17.5 Å². The van der Waals surface area contributed by atoms with Crippen LogP contribution in [0.3, 0.4) is 0 Å². The van der Waals surface area contributed by atoms with Crippen LogP contribution in [0.1, 0.15) is 16.7 Å². The Morgan fingerprint density at radius 3 is 2.86 bits per heavy atom. The maximum Gasteiger partial charge on any atom is 0.196 e. The van der Waals surface area contributed by atoms with Crippen LogP contribution >= 0.6 is 11.3 Å². The standard InChI is InChI=1S/C8H11N5S/c1-13(2)7(6-4-3-5-14-6)8-9-11-12-10-8/h3-5,7H,1-2H3,(H,9,10,11,12). The molecule has 0 aliphatic rings. The summed E-state index contributed by atoms with van der Waals surface area (Å²) in [6, 6.07) is 4.19. The molecule has 0 spiro atoms. The van der Waals surface area contributed by atoms with Crippen LogP contribution < -0.4 is 0 Å². The summed E-state index contributed by atoms with van der Waals surface area (Å²) in [5.74, 6) is 0.706. The van der Waals surface area contributed by atoms with Crippen molar-refractivity contribution in [3.05, 3.63) is 28.2 Å². The summed E-state index contributed by atoms with van der Waals surface area (Å²) in [7, 11) is 4.00. The number of aromatic nitrogens is 4. The van der Waals surface area contributed by atoms with Crippen LogP contribution in [0.25, 0.3) is 0 Å². The molecule has 74 valence electrons. The zero-order valence-corrected chi connectivity index (χ0v) is 8.82. The molecule has 5 nitrogen and oxygen atoms in total. The largest absolute Gasteiger partial charge is 0.295 e. The van der Waals surface area contributed by atoms with Gasteiger partial charge in [0.15, 0.2) is 5.82 Å². The number of tetrazole rings is 1. The van der Waals surface area contributed by atoms with Gasteiger partial charge in [0.25, 0.3) is 0 Å². The molecule has 1 unspecified atom stereocenters. The van der Waals surface area contributed by atoms with Crippen LogP contribution in [-0.4, -0.2) is 39.6 Å². The van der Waals surface area contributed by atoms with Crippen LogP contribution in [-0.2, 0) is 0 Å². The van der Waals surface area contributed by atoms with Crippen molar-refractivity contribution in [3.63, 3.8) is 0 Å². The lowest BCUT2D eigenvalue weighted by atomic mass is 10.2. The lowest BCUT2D eigenvalue weighted by Crippen LogP contribution is -2.21. The van der Waals surface area contributed by atoms with Gasteiger partial charge in [0.1, 0.15) is 6.04 Å². The van der Waals surface area contributed by atoms with E-state index in [1.165, 1.54) is 4.88 Å². The van der Waals surface area contributed by atoms with E-state index >= 15 is 0 Å². The summed E-state index contributed by atoms with van der Waals surface area (Å²) in [6.07, 6.45) is 0. The van der Waals surface area contributed by atoms with Crippen LogP contribution in [0.2, 0.25) is 0 Å². The predicted octanol–water partition coefficient (Wildman–Crippen LogP) is 0.912. The molecule has 1 atom stereocenters. The van der Waals surface area contributed by atoms with Crippen molar-refractivity contribution in [1.82, 2.24) is 25.5 Å². The molecule has 14 heavy (non-hydrogen) atoms. The smallest absolute Gasteiger partial charge is 0.196 e. The highest BCUT2D eigenvalue weighted by Gasteiger charge is 2.21. The molecule has 0 aromatic carbocycles. The minimum Gasteiger partial charge on any atom is -0.295 e. The van der Waals surface area contributed by atoms with E-state index in [4.69, 9.17) is 0 Å². The first-order valence-electron chi connectivity index (χ1n) is 4.22. The summed E-state index contributed by atoms with van der Waals surface area (Å²) in [4.78, 5) is 3.29. The lowest BCUT2D eigenvalue weighted by molar-refractivity contribution is 0.334. The number of hydrogen-bond donors (Lipinski definition) is 1. The van der Waals surface area contributed by atoms with Crippen molar-refractivity contribution in [1.29, 1.82) is 0 Å². The average molecular weight is 209 g/mol. The molecule has 2 heterocycles. The van der Waals surface area contributed by atoms with Gasteiger partial charge in [-0.05, 0) is 25.5 Å². The molecule has 2 aromatic heterocycles. The number of nitrogens with one attached hydrogen (secondary N) is 1. The molecule has 0 fully saturated rings. The van der Waals surface area contributed by atoms with E-state index in [0.29, 0.717) is 5.82 Å². The number of H-pyrrole nitrogens is 1. The van der Waals surface area contributed by atoms with Crippen molar-refractivity contribution in [2.75, 3.05) is 14.1 Å². The molecule has 0 saturated heterocycles. The molecule has 0 aliphatic heterocycles. The number of aromatic amines is 1. The third kappa shape index (κ3) is 1.66. The third-order valence-corrected chi connectivity index (χ3v) is 2.86. The van der Waals surface area contributed by atoms with Crippen molar-refractivity contribution in [2.45, 2.75) is 6.04 Å². The van der Waals surface area contributed by atoms with Gasteiger partial charge in [-0.15, -0.1) is 21.5 Å². The predicted molar refractivity (Wildman–Crippen MR) is 54.0 cm³/mol. The summed E-state index contributed by atoms with van der Waals surface area (Å²) >= 11 is 1.69. The molecule has 1 N–H and O–H groups in total. The minimum absolute atomic E-state index is 0.0914. The Kier molecular flexibility index (Phi) is 2.55. The fraction of sp³-hybridized carbons (Fsp3) is 0.375. The van der Waals surface area contributed by atoms with Gasteiger partial charge in [-0.25, -0.2) is 0 Å². The number of hydrogen-bond acceptors (Lipinski definition) is 5. The SMILES string of the molecule is CN(C)C(c1nn[nH]n1)c1cccs1. The van der Waals surface area contributed by atoms with E-state index in [0.717, 1.165) is 0 Å². The van der Waals surface area contributed by atoms with Crippen LogP contribution in [0.4, 0.5) is 0 Å². The van der Waals surface area contributed by atoms with Gasteiger partial charge in [0.05, 0.1) is 0 Å². The number of thiophene rings is 1. The van der Waals surface area contributed by atoms with Gasteiger partial charge in [-0.1, -0.05) is 11.3 Å². The Balaban J connectivity index is 2.35. The highest BCUT2D eigenvalue weighted by Crippen LogP contribution is 2.26. The normalized spacial score (nSPS) is 13.4. The zero-order valence-electron chi connectivity index (χ0n) is 8.01. The van der Waals surface area contributed by atoms with Gasteiger partial charge in [0, 0.05) is 4.88 Å². The minimum atomic E-state index is 0.0914. The second-order valence-electron chi connectivity index (χ2n) is 3.15. The van der Waals surface area contributed by atoms with Crippen molar-refractivity contribution in [2.24, 2.45) is 0 Å². The van der Waals surface area contributed by atoms with E-state index < -0.39 is 0 Å². The monoisotopic (exact) mass is 209 g/mol. The highest BCUT2D eigenvalue weighted by molar-refractivity contribution is 7.10. The van der Waals surface area contributed by atoms with Gasteiger partial charge in [-0.2, -0.15) is 5.21 Å². The number of nitrogens with zero attached hydrogens (tertiary/aromatic N) is 4. The van der Waals surface area contributed by atoms with Crippen LogP contribution in [0, 0.1) is 0 Å². The Morgan fingerprint density at radius 1 is 1.50 bits per heavy atom. The molecule has 0 radical (unpaired) electrons. The molecule has 6 heteroatoms. The fourth-order valence-corrected chi connectivity index (χ4v) is 2.26. The second kappa shape index (κ2) is 3.85. The maximum atomic E-state index is 4.01. The Labute approximate surface area is 85.8 Å². The van der Waals surface area contributed by atoms with Crippen LogP contribution in [0.5, 0.6) is 0 Å². The zero-order chi connectivity index (χ0) is 9.97. The van der Waals surface area contributed by atoms with Gasteiger partial charge >= 0.3 is 0 Å². The van der Waals surface area contributed by atoms with Gasteiger partial charge in [-0.3, -0.25) is 4.90 Å². The van der Waals surface area contributed by atoms with E-state index in [-0.39, 0.29) is 6.04 Å². The summed E-state index contributed by atoms with van der Waals surface area (Å²) < 4.78 is 0. The molecule has 0 saturated carbocycles. The fourth-order valence-electron chi connectivity index (χ4n) is 1.34. The van der Waals surface area contributed by atoms with Gasteiger partial charge < -0.3 is 0 Å². The summed E-state index contributed by atoms with van der Waals surface area (Å²) in [6.45, 7) is 0. The first kappa shape index (κ1) is 9.29. The van der Waals surface area contributed by atoms with E-state index in [2.05, 4.69) is 31.6 Å². The Morgan fingerprint density at radius 2 is 2.36 bits per heavy atom. The highest BCUT2D eigenvalue weighted by atomic mass is 32.1. The molecular weight excluding hydrogens is 198 g/mol. The Bertz CT molecular complexity index is 332. The van der Waals surface area contributed by atoms with E-state index in [9.17, 15) is 0 Å². The topological polar surface area (TPSA) is 57.7 Å². The van der Waals surface area contributed by atoms with Crippen molar-refractivity contribution in [3.8, 4) is 0 Å². The van der Waals surface area contributed by atoms with Crippen molar-refractivity contribution < 1.29 is 0 Å². The molecule has 0 amide bonds. The summed E-state index contributed by atoms with van der Waals surface area (Å²) in [5.41, 5.74) is 0. The Hall–Kier alpha value is -1.27. The lowest BCUT2D eigenvalue weighted by Gasteiger charge is -2.19. The second-order valence-corrected chi connectivity index (χ2v) is 4.13. The quantitative estimate of drug-likeness (QED) is 0.816. The molecule has 2 aromatic rings. The van der Waals surface area contributed by atoms with E-state index in [1.807, 2.05) is 25.5 Å². The molecule has 2 rings (SSSR count). The molecular formula is C8H11N5S. The first-order chi connectivity index (χ1) is 6.79. The third-order valence-electron chi connectivity index (χ3n) is 1.94. The van der Waals surface area contributed by atoms with Crippen molar-refractivity contribution >= 4 is 11.3 Å². The number of rotatable bonds is 3. The first-order valence-corrected chi connectivity index (χ1v) is 5.10. The maximum absolute atomic E-state index is 4.01. The summed E-state index contributed by atoms with van der Waals surface area (Å²) in [5, 5.41) is 16.1. The molecule has 0 bridgehead atoms. The average Bonchev–Trinajstić information content (AvgIpc) is 2.75. The van der Waals surface area contributed by atoms with Gasteiger partial charge in [0.2, 0.25) is 0 Å². The molecule has 0 aliphatic carbocycles. The van der Waals surface area contributed by atoms with E-state index in [1.54, 1.807) is 11.3 Å².